The van der Waals surface area contributed by atoms with Crippen LogP contribution in [0.4, 0.5) is 68.4 Å². The summed E-state index contributed by atoms with van der Waals surface area (Å²) in [5, 5.41) is 14.3. The van der Waals surface area contributed by atoms with Crippen LogP contribution in [-0.2, 0) is 0 Å². The molecule has 0 saturated carbocycles. The first-order chi connectivity index (χ1) is 57.8. The summed E-state index contributed by atoms with van der Waals surface area (Å²) in [6.45, 7) is 6.63. The first kappa shape index (κ1) is 69.6. The molecule has 0 radical (unpaired) electrons. The molecule has 554 valence electrons. The fraction of sp³-hybridized carbons (Fsp3) is 0.0273. The van der Waals surface area contributed by atoms with Gasteiger partial charge in [-0.25, -0.2) is 4.98 Å². The average molecular weight is 1500 g/mol. The van der Waals surface area contributed by atoms with E-state index in [0.717, 1.165) is 124 Å². The van der Waals surface area contributed by atoms with E-state index in [1.54, 1.807) is 0 Å². The molecule has 0 N–H and O–H groups in total. The monoisotopic (exact) mass is 1500 g/mol. The quantitative estimate of drug-likeness (QED) is 0.101. The van der Waals surface area contributed by atoms with Gasteiger partial charge in [0.1, 0.15) is 28.8 Å². The third-order valence-electron chi connectivity index (χ3n) is 23.1. The zero-order valence-electron chi connectivity index (χ0n) is 64.8. The van der Waals surface area contributed by atoms with Crippen molar-refractivity contribution < 1.29 is 9.47 Å². The van der Waals surface area contributed by atoms with Crippen LogP contribution in [0.2, 0.25) is 0 Å². The molecule has 7 nitrogen and oxygen atoms in total. The summed E-state index contributed by atoms with van der Waals surface area (Å²) in [6, 6.07) is 145. The van der Waals surface area contributed by atoms with E-state index >= 15 is 0 Å². The van der Waals surface area contributed by atoms with Crippen LogP contribution >= 0.6 is 0 Å². The normalized spacial score (nSPS) is 11.7. The Morgan fingerprint density at radius 3 is 1.12 bits per heavy atom. The van der Waals surface area contributed by atoms with Crippen molar-refractivity contribution in [2.75, 3.05) is 19.6 Å². The van der Waals surface area contributed by atoms with Gasteiger partial charge in [-0.05, 0) is 260 Å². The Morgan fingerprint density at radius 2 is 0.598 bits per heavy atom. The highest BCUT2D eigenvalue weighted by Gasteiger charge is 2.30. The van der Waals surface area contributed by atoms with Gasteiger partial charge in [-0.3, -0.25) is 4.90 Å². The molecule has 2 aliphatic rings. The number of hydrogen-bond acceptors (Lipinski definition) is 7. The van der Waals surface area contributed by atoms with Crippen molar-refractivity contribution >= 4 is 133 Å². The number of ether oxygens (including phenoxy) is 2. The second-order valence-electron chi connectivity index (χ2n) is 30.3. The zero-order chi connectivity index (χ0) is 78.0. The van der Waals surface area contributed by atoms with E-state index < -0.39 is 0 Å². The lowest BCUT2D eigenvalue weighted by Crippen LogP contribution is -2.14. The fourth-order valence-electron chi connectivity index (χ4n) is 18.1. The van der Waals surface area contributed by atoms with Crippen molar-refractivity contribution in [2.24, 2.45) is 0 Å². The number of fused-ring (bicyclic) bond motifs is 12. The molecule has 0 aliphatic carbocycles. The molecule has 2 aliphatic heterocycles. The van der Waals surface area contributed by atoms with Crippen LogP contribution in [0.25, 0.3) is 109 Å². The summed E-state index contributed by atoms with van der Waals surface area (Å²) in [7, 11) is 0. The zero-order valence-corrected chi connectivity index (χ0v) is 64.8. The maximum Gasteiger partial charge on any atom is 0.137 e. The van der Waals surface area contributed by atoms with E-state index in [4.69, 9.17) is 14.5 Å². The lowest BCUT2D eigenvalue weighted by Gasteiger charge is -2.31. The van der Waals surface area contributed by atoms with Gasteiger partial charge < -0.3 is 24.2 Å². The summed E-state index contributed by atoms with van der Waals surface area (Å²) in [5.41, 5.74) is 25.0. The summed E-state index contributed by atoms with van der Waals surface area (Å²) in [6.07, 6.45) is 1.85. The van der Waals surface area contributed by atoms with Gasteiger partial charge in [-0.15, -0.1) is 0 Å². The molecule has 0 saturated heterocycles. The largest absolute Gasteiger partial charge is 0.456 e. The van der Waals surface area contributed by atoms with E-state index in [1.807, 2.05) is 18.3 Å². The molecule has 1 aromatic heterocycles. The number of anilines is 12. The highest BCUT2D eigenvalue weighted by Crippen LogP contribution is 2.56. The number of para-hydroxylation sites is 6. The van der Waals surface area contributed by atoms with E-state index in [1.165, 1.54) is 92.9 Å². The smallest absolute Gasteiger partial charge is 0.137 e. The number of aromatic nitrogens is 1. The van der Waals surface area contributed by atoms with E-state index in [-0.39, 0.29) is 0 Å². The summed E-state index contributed by atoms with van der Waals surface area (Å²) >= 11 is 0. The molecule has 7 heteroatoms. The van der Waals surface area contributed by atoms with Crippen LogP contribution in [0.1, 0.15) is 16.7 Å². The van der Waals surface area contributed by atoms with Gasteiger partial charge in [0.05, 0.1) is 22.7 Å². The summed E-state index contributed by atoms with van der Waals surface area (Å²) < 4.78 is 13.8. The number of aryl methyl sites for hydroxylation is 3. The Kier molecular flexibility index (Phi) is 17.5. The molecule has 0 unspecified atom stereocenters. The molecule has 0 spiro atoms. The van der Waals surface area contributed by atoms with Gasteiger partial charge in [0.2, 0.25) is 0 Å². The van der Waals surface area contributed by atoms with E-state index in [9.17, 15) is 0 Å². The third kappa shape index (κ3) is 12.4. The van der Waals surface area contributed by atoms with Crippen molar-refractivity contribution in [1.82, 2.24) is 4.98 Å². The van der Waals surface area contributed by atoms with Gasteiger partial charge in [0.15, 0.2) is 0 Å². The van der Waals surface area contributed by atoms with Crippen LogP contribution in [-0.4, -0.2) is 4.98 Å². The molecule has 0 fully saturated rings. The number of rotatable bonds is 14. The molecule has 19 aromatic carbocycles. The molecule has 117 heavy (non-hydrogen) atoms. The molecule has 20 aromatic rings. The van der Waals surface area contributed by atoms with Crippen LogP contribution in [0.15, 0.2) is 413 Å². The molecule has 3 heterocycles. The Labute approximate surface area is 680 Å². The third-order valence-corrected chi connectivity index (χ3v) is 23.1. The van der Waals surface area contributed by atoms with Crippen molar-refractivity contribution in [2.45, 2.75) is 20.8 Å². The predicted octanol–water partition coefficient (Wildman–Crippen LogP) is 31.4. The second-order valence-corrected chi connectivity index (χ2v) is 30.3. The standard InChI is InChI=1S/C56H41N3O.C54H36N2O/c1-36-31-37(2)56(38(3)32-36)59(40-19-8-5-9-20-40)51-35-48-46-24-16-26-52-55(46)49(34-47(48)43-22-10-11-23-44(43)51)45-29-28-41(33-53(45)60-52)58(54-27-14-15-30-57-54)50-25-13-12-21-42(50)39-17-6-4-7-18-39;1-5-16-38(17-6-1)55(39-18-7-2-8-19-39)42-30-28-37(29-31-42)48-35-50-47-26-15-27-52-54(47)51(36-49(50)45-25-14-13-24-44(45)48)46-33-32-43(34-53(46)57-52)56(40-20-9-3-10-21-40)41-22-11-4-12-23-41/h4-35H,1-3H3;1-36H. The maximum absolute atomic E-state index is 6.96. The minimum absolute atomic E-state index is 0.812. The maximum atomic E-state index is 6.96. The van der Waals surface area contributed by atoms with Crippen LogP contribution < -0.4 is 29.1 Å². The SMILES string of the molecule is Cc1cc(C)c(N(c2ccccc2)c2cc3c4cccc5c4c(cc3c3ccccc23)-c2ccc(N(c3ccccn3)c3ccccc3-c3ccccc3)cc2O5)c(C)c1.c1ccc(N(c2ccccc2)c2ccc(-c3cc4c5cccc6c5c(cc4c4ccccc34)-c3ccc(N(c4ccccc4)c4ccccc4)cc3O6)cc2)cc1. The Bertz CT molecular complexity index is 7110. The van der Waals surface area contributed by atoms with Crippen molar-refractivity contribution in [3.05, 3.63) is 429 Å². The first-order valence-corrected chi connectivity index (χ1v) is 40.0. The molecule has 22 rings (SSSR count). The Morgan fingerprint density at radius 1 is 0.214 bits per heavy atom. The average Bonchev–Trinajstić information content (AvgIpc) is 0.714. The first-order valence-electron chi connectivity index (χ1n) is 40.0. The van der Waals surface area contributed by atoms with Gasteiger partial charge in [0, 0.05) is 91.0 Å². The van der Waals surface area contributed by atoms with Crippen molar-refractivity contribution in [1.29, 1.82) is 0 Å². The number of hydrogen-bond donors (Lipinski definition) is 0. The second kappa shape index (κ2) is 29.3. The molecule has 0 amide bonds. The fourth-order valence-corrected chi connectivity index (χ4v) is 18.1. The highest BCUT2D eigenvalue weighted by atomic mass is 16.5. The number of nitrogens with zero attached hydrogens (tertiary/aromatic N) is 5. The van der Waals surface area contributed by atoms with Gasteiger partial charge >= 0.3 is 0 Å². The molecular weight excluding hydrogens is 1420 g/mol. The van der Waals surface area contributed by atoms with Gasteiger partial charge in [-0.2, -0.15) is 0 Å². The van der Waals surface area contributed by atoms with Crippen LogP contribution in [0.5, 0.6) is 23.0 Å². The Hall–Kier alpha value is -15.3. The van der Waals surface area contributed by atoms with E-state index in [0.29, 0.717) is 0 Å². The summed E-state index contributed by atoms with van der Waals surface area (Å²) in [4.78, 5) is 14.1. The Balaban J connectivity index is 0.000000146. The summed E-state index contributed by atoms with van der Waals surface area (Å²) in [5.74, 6) is 4.22. The highest BCUT2D eigenvalue weighted by molar-refractivity contribution is 6.27. The minimum Gasteiger partial charge on any atom is -0.456 e. The lowest BCUT2D eigenvalue weighted by atomic mass is 9.86. The van der Waals surface area contributed by atoms with E-state index in [2.05, 4.69) is 435 Å². The number of pyridine rings is 1. The van der Waals surface area contributed by atoms with Gasteiger partial charge in [-0.1, -0.05) is 248 Å². The van der Waals surface area contributed by atoms with Crippen LogP contribution in [0, 0.1) is 20.8 Å². The lowest BCUT2D eigenvalue weighted by molar-refractivity contribution is 0.487. The van der Waals surface area contributed by atoms with Crippen molar-refractivity contribution in [3.63, 3.8) is 0 Å². The van der Waals surface area contributed by atoms with Gasteiger partial charge in [0.25, 0.3) is 0 Å². The van der Waals surface area contributed by atoms with Crippen LogP contribution in [0.3, 0.4) is 0 Å². The predicted molar refractivity (Wildman–Crippen MR) is 491 cm³/mol. The number of benzene rings is 19. The van der Waals surface area contributed by atoms with Crippen molar-refractivity contribution in [3.8, 4) is 67.5 Å². The molecule has 0 bridgehead atoms. The molecule has 0 atom stereocenters. The molecular formula is C110H77N5O2. The topological polar surface area (TPSA) is 44.3 Å². The minimum atomic E-state index is 0.812.